The third kappa shape index (κ3) is 6.08. The van der Waals surface area contributed by atoms with Crippen molar-refractivity contribution in [2.45, 2.75) is 19.9 Å². The summed E-state index contributed by atoms with van der Waals surface area (Å²) in [4.78, 5) is 23.7. The van der Waals surface area contributed by atoms with Crippen LogP contribution in [-0.2, 0) is 4.74 Å². The number of aliphatic imine (C=N–C) groups is 1. The number of nitrogens with zero attached hydrogens (tertiary/aromatic N) is 4. The second kappa shape index (κ2) is 11.6. The van der Waals surface area contributed by atoms with Crippen molar-refractivity contribution in [1.29, 1.82) is 0 Å². The van der Waals surface area contributed by atoms with Crippen LogP contribution in [0.25, 0.3) is 0 Å². The minimum absolute atomic E-state index is 0. The van der Waals surface area contributed by atoms with E-state index in [1.807, 2.05) is 4.90 Å². The maximum absolute atomic E-state index is 12.4. The number of hydrogen-bond acceptors (Lipinski definition) is 5. The van der Waals surface area contributed by atoms with Gasteiger partial charge < -0.3 is 24.3 Å². The molecule has 0 aromatic carbocycles. The molecule has 1 amide bonds. The smallest absolute Gasteiger partial charge is 0.289 e. The lowest BCUT2D eigenvalue weighted by Gasteiger charge is -2.36. The molecule has 1 atom stereocenters. The number of amides is 1. The zero-order valence-electron chi connectivity index (χ0n) is 16.8. The SMILES string of the molecule is CCNC(=NCCN1CCOCC1C)N1CCN(C(=O)c2ccco2)CC1.I. The van der Waals surface area contributed by atoms with E-state index in [2.05, 4.69) is 29.0 Å². The summed E-state index contributed by atoms with van der Waals surface area (Å²) in [5.74, 6) is 1.30. The third-order valence-corrected chi connectivity index (χ3v) is 5.09. The highest BCUT2D eigenvalue weighted by Crippen LogP contribution is 2.10. The molecule has 158 valence electrons. The summed E-state index contributed by atoms with van der Waals surface area (Å²) in [6.45, 7) is 12.3. The summed E-state index contributed by atoms with van der Waals surface area (Å²) in [6.07, 6.45) is 1.54. The Labute approximate surface area is 184 Å². The van der Waals surface area contributed by atoms with Gasteiger partial charge in [-0.1, -0.05) is 0 Å². The molecule has 1 aromatic rings. The number of halogens is 1. The van der Waals surface area contributed by atoms with E-state index in [9.17, 15) is 4.79 Å². The maximum Gasteiger partial charge on any atom is 0.289 e. The molecule has 0 aliphatic carbocycles. The Bertz CT molecular complexity index is 617. The first kappa shape index (κ1) is 23.0. The highest BCUT2D eigenvalue weighted by molar-refractivity contribution is 14.0. The van der Waals surface area contributed by atoms with Gasteiger partial charge >= 0.3 is 0 Å². The zero-order chi connectivity index (χ0) is 19.1. The molecule has 28 heavy (non-hydrogen) atoms. The van der Waals surface area contributed by atoms with E-state index < -0.39 is 0 Å². The Morgan fingerprint density at radius 2 is 2.00 bits per heavy atom. The van der Waals surface area contributed by atoms with Crippen molar-refractivity contribution >= 4 is 35.8 Å². The van der Waals surface area contributed by atoms with Gasteiger partial charge in [0.1, 0.15) is 0 Å². The van der Waals surface area contributed by atoms with Crippen LogP contribution in [0.2, 0.25) is 0 Å². The molecule has 9 heteroatoms. The van der Waals surface area contributed by atoms with Crippen molar-refractivity contribution in [3.8, 4) is 0 Å². The van der Waals surface area contributed by atoms with Gasteiger partial charge in [-0.2, -0.15) is 0 Å². The molecule has 2 aliphatic heterocycles. The number of nitrogens with one attached hydrogen (secondary N) is 1. The first-order valence-electron chi connectivity index (χ1n) is 9.87. The summed E-state index contributed by atoms with van der Waals surface area (Å²) in [7, 11) is 0. The van der Waals surface area contributed by atoms with E-state index in [0.717, 1.165) is 58.4 Å². The lowest BCUT2D eigenvalue weighted by Crippen LogP contribution is -2.54. The summed E-state index contributed by atoms with van der Waals surface area (Å²) < 4.78 is 10.7. The van der Waals surface area contributed by atoms with E-state index in [4.69, 9.17) is 14.1 Å². The fraction of sp³-hybridized carbons (Fsp3) is 0.684. The van der Waals surface area contributed by atoms with Crippen LogP contribution in [-0.4, -0.2) is 98.2 Å². The number of carbonyl (C=O) groups excluding carboxylic acids is 1. The Morgan fingerprint density at radius 3 is 2.64 bits per heavy atom. The van der Waals surface area contributed by atoms with Crippen LogP contribution in [0.1, 0.15) is 24.4 Å². The van der Waals surface area contributed by atoms with Gasteiger partial charge in [-0.15, -0.1) is 24.0 Å². The van der Waals surface area contributed by atoms with E-state index in [1.165, 1.54) is 6.26 Å². The number of carbonyl (C=O) groups is 1. The predicted octanol–water partition coefficient (Wildman–Crippen LogP) is 1.34. The normalized spacial score (nSPS) is 21.4. The number of rotatable bonds is 5. The molecule has 2 saturated heterocycles. The standard InChI is InChI=1S/C19H31N5O3.HI/c1-3-20-19(21-6-7-22-12-14-26-15-16(22)2)24-10-8-23(9-11-24)18(25)17-5-4-13-27-17;/h4-5,13,16H,3,6-12,14-15H2,1-2H3,(H,20,21);1H. The minimum Gasteiger partial charge on any atom is -0.459 e. The third-order valence-electron chi connectivity index (χ3n) is 5.09. The van der Waals surface area contributed by atoms with Crippen LogP contribution in [0.15, 0.2) is 27.8 Å². The van der Waals surface area contributed by atoms with Crippen LogP contribution >= 0.6 is 24.0 Å². The van der Waals surface area contributed by atoms with Crippen molar-refractivity contribution in [1.82, 2.24) is 20.0 Å². The summed E-state index contributed by atoms with van der Waals surface area (Å²) in [5, 5.41) is 3.38. The monoisotopic (exact) mass is 505 g/mol. The second-order valence-corrected chi connectivity index (χ2v) is 6.95. The molecule has 3 rings (SSSR count). The Kier molecular flexibility index (Phi) is 9.52. The van der Waals surface area contributed by atoms with Gasteiger partial charge in [0.05, 0.1) is 26.0 Å². The number of ether oxygens (including phenoxy) is 1. The van der Waals surface area contributed by atoms with Crippen molar-refractivity contribution in [3.63, 3.8) is 0 Å². The van der Waals surface area contributed by atoms with Gasteiger partial charge in [-0.3, -0.25) is 14.7 Å². The lowest BCUT2D eigenvalue weighted by atomic mass is 10.2. The van der Waals surface area contributed by atoms with Crippen molar-refractivity contribution in [2.75, 3.05) is 65.6 Å². The van der Waals surface area contributed by atoms with E-state index in [1.54, 1.807) is 12.1 Å². The molecule has 2 fully saturated rings. The molecular formula is C19H32IN5O3. The van der Waals surface area contributed by atoms with Gasteiger partial charge in [0.25, 0.3) is 5.91 Å². The van der Waals surface area contributed by atoms with Crippen LogP contribution in [0.3, 0.4) is 0 Å². The lowest BCUT2D eigenvalue weighted by molar-refractivity contribution is 0.00138. The van der Waals surface area contributed by atoms with Gasteiger partial charge in [0.15, 0.2) is 11.7 Å². The molecule has 8 nitrogen and oxygen atoms in total. The number of hydrogen-bond donors (Lipinski definition) is 1. The van der Waals surface area contributed by atoms with E-state index >= 15 is 0 Å². The highest BCUT2D eigenvalue weighted by Gasteiger charge is 2.25. The van der Waals surface area contributed by atoms with Crippen molar-refractivity contribution in [2.24, 2.45) is 4.99 Å². The van der Waals surface area contributed by atoms with Gasteiger partial charge in [0, 0.05) is 51.9 Å². The molecule has 0 saturated carbocycles. The van der Waals surface area contributed by atoms with Crippen molar-refractivity contribution in [3.05, 3.63) is 24.2 Å². The van der Waals surface area contributed by atoms with Gasteiger partial charge in [0.2, 0.25) is 0 Å². The first-order chi connectivity index (χ1) is 13.2. The molecule has 1 aromatic heterocycles. The number of guanidine groups is 1. The van der Waals surface area contributed by atoms with Gasteiger partial charge in [-0.05, 0) is 26.0 Å². The average molecular weight is 505 g/mol. The fourth-order valence-electron chi connectivity index (χ4n) is 3.48. The number of morpholine rings is 1. The molecule has 2 aliphatic rings. The largest absolute Gasteiger partial charge is 0.459 e. The molecular weight excluding hydrogens is 473 g/mol. The minimum atomic E-state index is -0.0390. The topological polar surface area (TPSA) is 73.6 Å². The van der Waals surface area contributed by atoms with E-state index in [-0.39, 0.29) is 29.9 Å². The molecule has 0 bridgehead atoms. The fourth-order valence-corrected chi connectivity index (χ4v) is 3.48. The Morgan fingerprint density at radius 1 is 1.25 bits per heavy atom. The maximum atomic E-state index is 12.4. The van der Waals surface area contributed by atoms with Crippen molar-refractivity contribution < 1.29 is 13.9 Å². The van der Waals surface area contributed by atoms with Crippen LogP contribution in [0, 0.1) is 0 Å². The average Bonchev–Trinajstić information content (AvgIpc) is 3.23. The highest BCUT2D eigenvalue weighted by atomic mass is 127. The molecule has 1 unspecified atom stereocenters. The summed E-state index contributed by atoms with van der Waals surface area (Å²) in [6, 6.07) is 3.91. The summed E-state index contributed by atoms with van der Waals surface area (Å²) >= 11 is 0. The number of piperazine rings is 1. The second-order valence-electron chi connectivity index (χ2n) is 6.95. The molecule has 0 spiro atoms. The number of furan rings is 1. The quantitative estimate of drug-likeness (QED) is 0.370. The molecule has 3 heterocycles. The Balaban J connectivity index is 0.00000280. The van der Waals surface area contributed by atoms with Crippen LogP contribution in [0.5, 0.6) is 0 Å². The first-order valence-corrected chi connectivity index (χ1v) is 9.87. The summed E-state index contributed by atoms with van der Waals surface area (Å²) in [5.41, 5.74) is 0. The molecule has 0 radical (unpaired) electrons. The van der Waals surface area contributed by atoms with Crippen LogP contribution in [0.4, 0.5) is 0 Å². The predicted molar refractivity (Wildman–Crippen MR) is 119 cm³/mol. The zero-order valence-corrected chi connectivity index (χ0v) is 19.1. The van der Waals surface area contributed by atoms with Gasteiger partial charge in [-0.25, -0.2) is 0 Å². The molecule has 1 N–H and O–H groups in total. The van der Waals surface area contributed by atoms with E-state index in [0.29, 0.717) is 24.9 Å². The van der Waals surface area contributed by atoms with Crippen LogP contribution < -0.4 is 5.32 Å². The Hall–Kier alpha value is -1.33.